The van der Waals surface area contributed by atoms with Gasteiger partial charge in [0.2, 0.25) is 17.6 Å². The van der Waals surface area contributed by atoms with Gasteiger partial charge in [-0.05, 0) is 42.0 Å². The van der Waals surface area contributed by atoms with Crippen molar-refractivity contribution in [3.8, 4) is 11.4 Å². The molecule has 2 aromatic carbocycles. The summed E-state index contributed by atoms with van der Waals surface area (Å²) in [6.45, 7) is 0. The molecule has 156 valence electrons. The molecule has 0 spiro atoms. The van der Waals surface area contributed by atoms with Crippen LogP contribution in [0.3, 0.4) is 0 Å². The van der Waals surface area contributed by atoms with Crippen LogP contribution in [0.5, 0.6) is 0 Å². The van der Waals surface area contributed by atoms with Crippen LogP contribution in [0.2, 0.25) is 5.02 Å². The zero-order chi connectivity index (χ0) is 21.6. The van der Waals surface area contributed by atoms with Gasteiger partial charge in [0.05, 0.1) is 11.7 Å². The van der Waals surface area contributed by atoms with Gasteiger partial charge in [0.25, 0.3) is 0 Å². The first-order valence-corrected chi connectivity index (χ1v) is 10.3. The molecule has 0 saturated heterocycles. The van der Waals surface area contributed by atoms with Crippen LogP contribution in [0, 0.1) is 0 Å². The van der Waals surface area contributed by atoms with Gasteiger partial charge in [-0.2, -0.15) is 4.98 Å². The summed E-state index contributed by atoms with van der Waals surface area (Å²) in [7, 11) is 1.79. The van der Waals surface area contributed by atoms with Crippen molar-refractivity contribution in [2.24, 2.45) is 0 Å². The van der Waals surface area contributed by atoms with Crippen molar-refractivity contribution in [2.75, 3.05) is 7.05 Å². The maximum atomic E-state index is 13.0. The molecule has 0 aliphatic carbocycles. The van der Waals surface area contributed by atoms with Crippen LogP contribution in [0.25, 0.3) is 11.4 Å². The number of amides is 1. The van der Waals surface area contributed by atoms with E-state index in [0.717, 1.165) is 16.8 Å². The van der Waals surface area contributed by atoms with Gasteiger partial charge in [0.1, 0.15) is 0 Å². The van der Waals surface area contributed by atoms with Crippen LogP contribution in [0.1, 0.15) is 29.6 Å². The molecule has 2 heterocycles. The number of hydrogen-bond acceptors (Lipinski definition) is 5. The number of rotatable bonds is 7. The highest BCUT2D eigenvalue weighted by Gasteiger charge is 2.24. The lowest BCUT2D eigenvalue weighted by Gasteiger charge is -2.28. The average molecular weight is 433 g/mol. The number of nitrogens with zero attached hydrogens (tertiary/aromatic N) is 4. The molecular weight excluding hydrogens is 412 g/mol. The lowest BCUT2D eigenvalue weighted by Crippen LogP contribution is -2.32. The summed E-state index contributed by atoms with van der Waals surface area (Å²) in [6, 6.07) is 22.5. The van der Waals surface area contributed by atoms with Gasteiger partial charge < -0.3 is 9.42 Å². The third-order valence-corrected chi connectivity index (χ3v) is 5.24. The van der Waals surface area contributed by atoms with Crippen molar-refractivity contribution in [2.45, 2.75) is 18.9 Å². The number of aryl methyl sites for hydroxylation is 1. The zero-order valence-electron chi connectivity index (χ0n) is 17.0. The van der Waals surface area contributed by atoms with E-state index in [4.69, 9.17) is 16.1 Å². The predicted molar refractivity (Wildman–Crippen MR) is 118 cm³/mol. The fourth-order valence-electron chi connectivity index (χ4n) is 3.37. The second kappa shape index (κ2) is 9.53. The molecule has 2 aromatic heterocycles. The van der Waals surface area contributed by atoms with Crippen molar-refractivity contribution in [1.29, 1.82) is 0 Å². The molecule has 1 unspecified atom stereocenters. The van der Waals surface area contributed by atoms with Crippen molar-refractivity contribution < 1.29 is 9.32 Å². The van der Waals surface area contributed by atoms with E-state index in [9.17, 15) is 4.79 Å². The largest absolute Gasteiger partial charge is 0.339 e. The highest BCUT2D eigenvalue weighted by atomic mass is 35.5. The molecular formula is C24H21ClN4O2. The Hall–Kier alpha value is -3.51. The van der Waals surface area contributed by atoms with E-state index in [1.54, 1.807) is 30.3 Å². The van der Waals surface area contributed by atoms with Gasteiger partial charge in [-0.25, -0.2) is 0 Å². The van der Waals surface area contributed by atoms with Crippen LogP contribution >= 0.6 is 11.6 Å². The van der Waals surface area contributed by atoms with Crippen molar-refractivity contribution in [3.63, 3.8) is 0 Å². The number of benzene rings is 2. The van der Waals surface area contributed by atoms with Crippen LogP contribution in [0.4, 0.5) is 0 Å². The Morgan fingerprint density at radius 3 is 2.48 bits per heavy atom. The fourth-order valence-corrected chi connectivity index (χ4v) is 3.50. The summed E-state index contributed by atoms with van der Waals surface area (Å²) >= 11 is 5.92. The molecule has 4 rings (SSSR count). The molecule has 1 atom stereocenters. The van der Waals surface area contributed by atoms with Gasteiger partial charge in [0.15, 0.2) is 0 Å². The molecule has 0 saturated carbocycles. The molecule has 0 radical (unpaired) electrons. The third-order valence-electron chi connectivity index (χ3n) is 4.99. The van der Waals surface area contributed by atoms with E-state index in [0.29, 0.717) is 23.2 Å². The molecule has 0 aliphatic rings. The molecule has 0 bridgehead atoms. The molecule has 4 aromatic rings. The number of carbonyl (C=O) groups is 1. The standard InChI is InChI=1S/C24H21ClN4O2/c1-29(23(17-7-3-2-4-8-17)20-9-5-6-16-26-20)22(30)15-14-21-27-24(28-31-21)18-10-12-19(25)13-11-18/h2-13,16,23H,14-15H2,1H3. The average Bonchev–Trinajstić information content (AvgIpc) is 3.28. The molecule has 0 aliphatic heterocycles. The van der Waals surface area contributed by atoms with Crippen molar-refractivity contribution >= 4 is 17.5 Å². The Bertz CT molecular complexity index is 1090. The molecule has 0 N–H and O–H groups in total. The van der Waals surface area contributed by atoms with E-state index in [2.05, 4.69) is 15.1 Å². The van der Waals surface area contributed by atoms with Crippen molar-refractivity contribution in [3.05, 3.63) is 101 Å². The Balaban J connectivity index is 1.46. The molecule has 6 nitrogen and oxygen atoms in total. The molecule has 0 fully saturated rings. The number of carbonyl (C=O) groups excluding carboxylic acids is 1. The smallest absolute Gasteiger partial charge is 0.227 e. The van der Waals surface area contributed by atoms with Gasteiger partial charge >= 0.3 is 0 Å². The van der Waals surface area contributed by atoms with Gasteiger partial charge in [-0.3, -0.25) is 9.78 Å². The van der Waals surface area contributed by atoms with E-state index in [1.807, 2.05) is 60.7 Å². The molecule has 7 heteroatoms. The van der Waals surface area contributed by atoms with Gasteiger partial charge in [-0.1, -0.05) is 53.2 Å². The predicted octanol–water partition coefficient (Wildman–Crippen LogP) is 4.97. The first-order chi connectivity index (χ1) is 15.1. The van der Waals surface area contributed by atoms with E-state index in [1.165, 1.54) is 0 Å². The maximum absolute atomic E-state index is 13.0. The Labute approximate surface area is 185 Å². The summed E-state index contributed by atoms with van der Waals surface area (Å²) in [5, 5.41) is 4.65. The number of pyridine rings is 1. The minimum atomic E-state index is -0.276. The first kappa shape index (κ1) is 20.8. The molecule has 1 amide bonds. The monoisotopic (exact) mass is 432 g/mol. The summed E-state index contributed by atoms with van der Waals surface area (Å²) in [5.41, 5.74) is 2.62. The fraction of sp³-hybridized carbons (Fsp3) is 0.167. The SMILES string of the molecule is CN(C(=O)CCc1nc(-c2ccc(Cl)cc2)no1)C(c1ccccc1)c1ccccn1. The third kappa shape index (κ3) is 4.98. The number of halogens is 1. The lowest BCUT2D eigenvalue weighted by molar-refractivity contribution is -0.131. The quantitative estimate of drug-likeness (QED) is 0.412. The second-order valence-corrected chi connectivity index (χ2v) is 7.53. The first-order valence-electron chi connectivity index (χ1n) is 9.92. The Morgan fingerprint density at radius 1 is 1.03 bits per heavy atom. The van der Waals surface area contributed by atoms with E-state index < -0.39 is 0 Å². The molecule has 31 heavy (non-hydrogen) atoms. The highest BCUT2D eigenvalue weighted by molar-refractivity contribution is 6.30. The number of aromatic nitrogens is 3. The van der Waals surface area contributed by atoms with Gasteiger partial charge in [0, 0.05) is 36.7 Å². The van der Waals surface area contributed by atoms with Gasteiger partial charge in [-0.15, -0.1) is 0 Å². The summed E-state index contributed by atoms with van der Waals surface area (Å²) in [6.07, 6.45) is 2.34. The Morgan fingerprint density at radius 2 is 1.77 bits per heavy atom. The van der Waals surface area contributed by atoms with Crippen molar-refractivity contribution in [1.82, 2.24) is 20.0 Å². The van der Waals surface area contributed by atoms with E-state index >= 15 is 0 Å². The number of hydrogen-bond donors (Lipinski definition) is 0. The zero-order valence-corrected chi connectivity index (χ0v) is 17.7. The van der Waals surface area contributed by atoms with Crippen LogP contribution in [-0.2, 0) is 11.2 Å². The summed E-state index contributed by atoms with van der Waals surface area (Å²) in [5.74, 6) is 0.856. The van der Waals surface area contributed by atoms with Crippen LogP contribution in [-0.4, -0.2) is 33.0 Å². The van der Waals surface area contributed by atoms with Crippen LogP contribution < -0.4 is 0 Å². The highest BCUT2D eigenvalue weighted by Crippen LogP contribution is 2.27. The maximum Gasteiger partial charge on any atom is 0.227 e. The Kier molecular flexibility index (Phi) is 6.38. The minimum absolute atomic E-state index is 0.0363. The normalized spacial score (nSPS) is 11.8. The van der Waals surface area contributed by atoms with Crippen LogP contribution in [0.15, 0.2) is 83.5 Å². The second-order valence-electron chi connectivity index (χ2n) is 7.09. The summed E-state index contributed by atoms with van der Waals surface area (Å²) in [4.78, 5) is 23.6. The van der Waals surface area contributed by atoms with E-state index in [-0.39, 0.29) is 18.4 Å². The minimum Gasteiger partial charge on any atom is -0.339 e. The topological polar surface area (TPSA) is 72.1 Å². The lowest BCUT2D eigenvalue weighted by atomic mass is 10.0. The summed E-state index contributed by atoms with van der Waals surface area (Å²) < 4.78 is 5.33.